The Morgan fingerprint density at radius 2 is 1.61 bits per heavy atom. The summed E-state index contributed by atoms with van der Waals surface area (Å²) in [7, 11) is 0. The summed E-state index contributed by atoms with van der Waals surface area (Å²) in [5, 5.41) is 12.0. The third kappa shape index (κ3) is 5.62. The number of hydrogen-bond acceptors (Lipinski definition) is 3. The fourth-order valence-corrected chi connectivity index (χ4v) is 5.45. The van der Waals surface area contributed by atoms with E-state index in [2.05, 4.69) is 34.6 Å². The number of fused-ring (bicyclic) bond motifs is 1. The van der Waals surface area contributed by atoms with Gasteiger partial charge in [-0.3, -0.25) is 9.59 Å². The molecular weight excluding hydrogens is 481 g/mol. The van der Waals surface area contributed by atoms with Crippen molar-refractivity contribution in [2.24, 2.45) is 5.92 Å². The number of benzene rings is 2. The average molecular weight is 514 g/mol. The third-order valence-corrected chi connectivity index (χ3v) is 7.70. The van der Waals surface area contributed by atoms with Crippen LogP contribution in [-0.4, -0.2) is 26.4 Å². The van der Waals surface area contributed by atoms with Crippen LogP contribution in [0.2, 0.25) is 0 Å². The summed E-state index contributed by atoms with van der Waals surface area (Å²) in [5.74, 6) is -0.542. The number of carbonyl (C=O) groups excluding carboxylic acids is 1. The number of nitrogens with zero attached hydrogens (tertiary/aromatic N) is 2. The molecule has 1 aliphatic rings. The number of nitrogens with one attached hydrogen (secondary N) is 1. The molecule has 1 fully saturated rings. The first-order chi connectivity index (χ1) is 18.2. The van der Waals surface area contributed by atoms with Crippen LogP contribution in [0.1, 0.15) is 73.5 Å². The van der Waals surface area contributed by atoms with Gasteiger partial charge in [0.25, 0.3) is 5.91 Å². The zero-order chi connectivity index (χ0) is 26.9. The molecule has 1 aliphatic carbocycles. The number of carboxylic acids is 1. The number of imidazole rings is 1. The first kappa shape index (κ1) is 25.6. The quantitative estimate of drug-likeness (QED) is 0.293. The van der Waals surface area contributed by atoms with Crippen molar-refractivity contribution in [3.63, 3.8) is 0 Å². The van der Waals surface area contributed by atoms with E-state index in [9.17, 15) is 14.0 Å². The lowest BCUT2D eigenvalue weighted by Gasteiger charge is -2.28. The van der Waals surface area contributed by atoms with Crippen LogP contribution in [0.3, 0.4) is 0 Å². The molecule has 2 N–H and O–H groups in total. The SMILES string of the molecule is CC(C)(NC(=O)c1cn2cc(-c3ccc([C@H]4CC[C@H](CC(=O)O)CC4)cc3)ccc2n1)c1ccc(F)cc1. The normalized spacial score (nSPS) is 17.9. The maximum Gasteiger partial charge on any atom is 0.303 e. The van der Waals surface area contributed by atoms with Crippen LogP contribution in [0.15, 0.2) is 73.1 Å². The Hall–Kier alpha value is -4.00. The van der Waals surface area contributed by atoms with Gasteiger partial charge in [-0.2, -0.15) is 0 Å². The fraction of sp³-hybridized carbons (Fsp3) is 0.323. The van der Waals surface area contributed by atoms with E-state index in [1.165, 1.54) is 17.7 Å². The van der Waals surface area contributed by atoms with E-state index in [0.717, 1.165) is 42.4 Å². The Labute approximate surface area is 221 Å². The van der Waals surface area contributed by atoms with E-state index in [0.29, 0.717) is 23.2 Å². The molecule has 0 aliphatic heterocycles. The maximum absolute atomic E-state index is 13.3. The predicted octanol–water partition coefficient (Wildman–Crippen LogP) is 6.55. The van der Waals surface area contributed by atoms with Crippen LogP contribution in [0.4, 0.5) is 4.39 Å². The Bertz CT molecular complexity index is 1450. The third-order valence-electron chi connectivity index (χ3n) is 7.70. The number of aromatic nitrogens is 2. The van der Waals surface area contributed by atoms with E-state index >= 15 is 0 Å². The van der Waals surface area contributed by atoms with E-state index in [1.807, 2.05) is 36.6 Å². The largest absolute Gasteiger partial charge is 0.481 e. The second-order valence-corrected chi connectivity index (χ2v) is 10.8. The maximum atomic E-state index is 13.3. The Morgan fingerprint density at radius 1 is 0.947 bits per heavy atom. The lowest BCUT2D eigenvalue weighted by atomic mass is 9.77. The van der Waals surface area contributed by atoms with Crippen LogP contribution in [0.5, 0.6) is 0 Å². The van der Waals surface area contributed by atoms with Gasteiger partial charge >= 0.3 is 5.97 Å². The van der Waals surface area contributed by atoms with Gasteiger partial charge in [0, 0.05) is 18.8 Å². The van der Waals surface area contributed by atoms with Gasteiger partial charge in [-0.15, -0.1) is 0 Å². The first-order valence-electron chi connectivity index (χ1n) is 13.1. The molecule has 0 atom stereocenters. The first-order valence-corrected chi connectivity index (χ1v) is 13.1. The highest BCUT2D eigenvalue weighted by atomic mass is 19.1. The molecule has 196 valence electrons. The Balaban J connectivity index is 1.27. The second kappa shape index (κ2) is 10.4. The molecule has 4 aromatic rings. The van der Waals surface area contributed by atoms with Gasteiger partial charge in [-0.25, -0.2) is 9.37 Å². The highest BCUT2D eigenvalue weighted by Gasteiger charge is 2.25. The summed E-state index contributed by atoms with van der Waals surface area (Å²) in [6.45, 7) is 3.74. The molecule has 2 aromatic heterocycles. The predicted molar refractivity (Wildman–Crippen MR) is 144 cm³/mol. The van der Waals surface area contributed by atoms with Crippen LogP contribution in [0.25, 0.3) is 16.8 Å². The number of hydrogen-bond donors (Lipinski definition) is 2. The monoisotopic (exact) mass is 513 g/mol. The highest BCUT2D eigenvalue weighted by molar-refractivity contribution is 5.93. The average Bonchev–Trinajstić information content (AvgIpc) is 3.33. The molecule has 0 unspecified atom stereocenters. The summed E-state index contributed by atoms with van der Waals surface area (Å²) in [6, 6.07) is 18.6. The van der Waals surface area contributed by atoms with Crippen molar-refractivity contribution in [2.75, 3.05) is 0 Å². The van der Waals surface area contributed by atoms with Gasteiger partial charge in [0.2, 0.25) is 0 Å². The minimum atomic E-state index is -0.700. The molecule has 7 heteroatoms. The van der Waals surface area contributed by atoms with E-state index in [4.69, 9.17) is 5.11 Å². The number of aliphatic carboxylic acids is 1. The molecular formula is C31H32FN3O3. The zero-order valence-electron chi connectivity index (χ0n) is 21.7. The minimum Gasteiger partial charge on any atom is -0.481 e. The molecule has 0 spiro atoms. The number of carboxylic acid groups (broad SMARTS) is 1. The lowest BCUT2D eigenvalue weighted by molar-refractivity contribution is -0.138. The summed E-state index contributed by atoms with van der Waals surface area (Å²) >= 11 is 0. The summed E-state index contributed by atoms with van der Waals surface area (Å²) < 4.78 is 15.2. The van der Waals surface area contributed by atoms with E-state index in [-0.39, 0.29) is 18.1 Å². The summed E-state index contributed by atoms with van der Waals surface area (Å²) in [4.78, 5) is 28.5. The minimum absolute atomic E-state index is 0.276. The molecule has 1 amide bonds. The van der Waals surface area contributed by atoms with Crippen LogP contribution >= 0.6 is 0 Å². The van der Waals surface area contributed by atoms with Gasteiger partial charge in [0.05, 0.1) is 5.54 Å². The molecule has 6 nitrogen and oxygen atoms in total. The van der Waals surface area contributed by atoms with Gasteiger partial charge in [-0.05, 0) is 97.9 Å². The standard InChI is InChI=1S/C31H32FN3O3/c1-31(2,25-12-14-26(32)15-13-25)34-30(38)27-19-35-18-24(11-16-28(35)33-27)23-9-7-22(8-10-23)21-5-3-20(4-6-21)17-29(36)37/h7-16,18-21H,3-6,17H2,1-2H3,(H,34,38)(H,36,37)/t20-,21-. The number of pyridine rings is 1. The van der Waals surface area contributed by atoms with Crippen molar-refractivity contribution in [3.8, 4) is 11.1 Å². The fourth-order valence-electron chi connectivity index (χ4n) is 5.45. The van der Waals surface area contributed by atoms with Crippen molar-refractivity contribution < 1.29 is 19.1 Å². The van der Waals surface area contributed by atoms with Crippen molar-refractivity contribution >= 4 is 17.5 Å². The molecule has 0 saturated heterocycles. The Kier molecular flexibility index (Phi) is 7.02. The van der Waals surface area contributed by atoms with Gasteiger partial charge in [0.1, 0.15) is 17.2 Å². The van der Waals surface area contributed by atoms with Crippen LogP contribution in [0, 0.1) is 11.7 Å². The van der Waals surface area contributed by atoms with E-state index in [1.54, 1.807) is 18.3 Å². The van der Waals surface area contributed by atoms with Gasteiger partial charge in [0.15, 0.2) is 0 Å². The van der Waals surface area contributed by atoms with Gasteiger partial charge < -0.3 is 14.8 Å². The molecule has 5 rings (SSSR count). The lowest BCUT2D eigenvalue weighted by Crippen LogP contribution is -2.41. The number of rotatable bonds is 7. The number of halogens is 1. The zero-order valence-corrected chi connectivity index (χ0v) is 21.7. The van der Waals surface area contributed by atoms with Crippen LogP contribution in [-0.2, 0) is 10.3 Å². The van der Waals surface area contributed by atoms with Crippen molar-refractivity contribution in [1.82, 2.24) is 14.7 Å². The summed E-state index contributed by atoms with van der Waals surface area (Å²) in [6.07, 6.45) is 7.95. The Morgan fingerprint density at radius 3 is 2.26 bits per heavy atom. The van der Waals surface area contributed by atoms with E-state index < -0.39 is 11.5 Å². The van der Waals surface area contributed by atoms with Crippen LogP contribution < -0.4 is 5.32 Å². The topological polar surface area (TPSA) is 83.7 Å². The van der Waals surface area contributed by atoms with Crippen molar-refractivity contribution in [3.05, 3.63) is 95.7 Å². The molecule has 38 heavy (non-hydrogen) atoms. The van der Waals surface area contributed by atoms with Crippen molar-refractivity contribution in [2.45, 2.75) is 57.4 Å². The molecule has 1 saturated carbocycles. The number of carbonyl (C=O) groups is 2. The highest BCUT2D eigenvalue weighted by Crippen LogP contribution is 2.37. The molecule has 0 radical (unpaired) electrons. The molecule has 2 aromatic carbocycles. The molecule has 0 bridgehead atoms. The second-order valence-electron chi connectivity index (χ2n) is 10.8. The van der Waals surface area contributed by atoms with Crippen molar-refractivity contribution in [1.29, 1.82) is 0 Å². The van der Waals surface area contributed by atoms with Gasteiger partial charge in [-0.1, -0.05) is 36.4 Å². The number of amides is 1. The smallest absolute Gasteiger partial charge is 0.303 e. The summed E-state index contributed by atoms with van der Waals surface area (Å²) in [5.41, 5.74) is 4.49. The molecule has 2 heterocycles.